The van der Waals surface area contributed by atoms with Gasteiger partial charge in [0.15, 0.2) is 0 Å². The fraction of sp³-hybridized carbons (Fsp3) is 0.438. The third kappa shape index (κ3) is 5.55. The fourth-order valence-corrected chi connectivity index (χ4v) is 1.65. The zero-order chi connectivity index (χ0) is 16.5. The molecule has 0 aliphatic heterocycles. The molecule has 0 aliphatic carbocycles. The van der Waals surface area contributed by atoms with E-state index in [1.54, 1.807) is 40.0 Å². The van der Waals surface area contributed by atoms with Crippen molar-refractivity contribution in [2.75, 3.05) is 13.7 Å². The minimum Gasteiger partial charge on any atom is -0.497 e. The minimum atomic E-state index is -0.485. The van der Waals surface area contributed by atoms with Crippen LogP contribution in [0.4, 0.5) is 0 Å². The van der Waals surface area contributed by atoms with Crippen LogP contribution in [0.5, 0.6) is 5.75 Å². The number of hydrogen-bond donors (Lipinski definition) is 1. The van der Waals surface area contributed by atoms with E-state index in [9.17, 15) is 9.59 Å². The minimum absolute atomic E-state index is 0.203. The number of ether oxygens (including phenoxy) is 2. The normalized spacial score (nSPS) is 12.5. The molecule has 0 spiro atoms. The van der Waals surface area contributed by atoms with E-state index in [4.69, 9.17) is 9.47 Å². The highest BCUT2D eigenvalue weighted by atomic mass is 16.5. The first kappa shape index (κ1) is 17.7. The van der Waals surface area contributed by atoms with Gasteiger partial charge in [-0.05, 0) is 38.5 Å². The largest absolute Gasteiger partial charge is 0.497 e. The lowest BCUT2D eigenvalue weighted by Gasteiger charge is -2.10. The molecule has 0 radical (unpaired) electrons. The summed E-state index contributed by atoms with van der Waals surface area (Å²) >= 11 is 0. The first-order chi connectivity index (χ1) is 10.5. The number of hydrogen-bond acceptors (Lipinski definition) is 5. The summed E-state index contributed by atoms with van der Waals surface area (Å²) < 4.78 is 9.96. The van der Waals surface area contributed by atoms with Crippen LogP contribution < -0.4 is 10.2 Å². The molecule has 120 valence electrons. The van der Waals surface area contributed by atoms with E-state index in [0.29, 0.717) is 12.3 Å². The van der Waals surface area contributed by atoms with Gasteiger partial charge in [-0.25, -0.2) is 5.43 Å². The number of benzene rings is 1. The van der Waals surface area contributed by atoms with Gasteiger partial charge in [0.25, 0.3) is 0 Å². The Kier molecular flexibility index (Phi) is 7.08. The molecular formula is C16H22N2O4. The number of rotatable bonds is 7. The average molecular weight is 306 g/mol. The Labute approximate surface area is 130 Å². The Balaban J connectivity index is 2.53. The number of nitrogens with one attached hydrogen (secondary N) is 1. The van der Waals surface area contributed by atoms with Crippen LogP contribution in [0, 0.1) is 5.92 Å². The van der Waals surface area contributed by atoms with E-state index in [0.717, 1.165) is 11.3 Å². The van der Waals surface area contributed by atoms with Crippen LogP contribution in [0.25, 0.3) is 0 Å². The number of carbonyl (C=O) groups is 2. The zero-order valence-corrected chi connectivity index (χ0v) is 13.4. The molecule has 0 saturated carbocycles. The summed E-state index contributed by atoms with van der Waals surface area (Å²) in [4.78, 5) is 23.4. The van der Waals surface area contributed by atoms with Gasteiger partial charge in [-0.1, -0.05) is 12.1 Å². The quantitative estimate of drug-likeness (QED) is 0.474. The van der Waals surface area contributed by atoms with E-state index < -0.39 is 5.92 Å². The molecule has 1 atom stereocenters. The van der Waals surface area contributed by atoms with Crippen molar-refractivity contribution in [2.45, 2.75) is 27.2 Å². The first-order valence-electron chi connectivity index (χ1n) is 7.10. The highest BCUT2D eigenvalue weighted by molar-refractivity contribution is 6.00. The van der Waals surface area contributed by atoms with Crippen LogP contribution in [0.1, 0.15) is 26.3 Å². The van der Waals surface area contributed by atoms with Gasteiger partial charge in [0, 0.05) is 5.71 Å². The molecular weight excluding hydrogens is 284 g/mol. The Morgan fingerprint density at radius 3 is 2.45 bits per heavy atom. The van der Waals surface area contributed by atoms with Crippen molar-refractivity contribution in [2.24, 2.45) is 11.0 Å². The van der Waals surface area contributed by atoms with Crippen LogP contribution in [-0.2, 0) is 20.7 Å². The van der Waals surface area contributed by atoms with Crippen molar-refractivity contribution in [1.29, 1.82) is 0 Å². The summed E-state index contributed by atoms with van der Waals surface area (Å²) in [6, 6.07) is 7.21. The third-order valence-electron chi connectivity index (χ3n) is 3.15. The van der Waals surface area contributed by atoms with E-state index in [2.05, 4.69) is 10.5 Å². The van der Waals surface area contributed by atoms with Crippen molar-refractivity contribution in [3.63, 3.8) is 0 Å². The topological polar surface area (TPSA) is 77.0 Å². The fourth-order valence-electron chi connectivity index (χ4n) is 1.65. The highest BCUT2D eigenvalue weighted by Crippen LogP contribution is 2.11. The van der Waals surface area contributed by atoms with Gasteiger partial charge in [0.1, 0.15) is 5.75 Å². The number of nitrogens with zero attached hydrogens (tertiary/aromatic N) is 1. The van der Waals surface area contributed by atoms with E-state index >= 15 is 0 Å². The van der Waals surface area contributed by atoms with Crippen LogP contribution in [0.15, 0.2) is 29.4 Å². The molecule has 0 bridgehead atoms. The number of amides is 1. The van der Waals surface area contributed by atoms with Crippen molar-refractivity contribution < 1.29 is 19.1 Å². The molecule has 1 rings (SSSR count). The van der Waals surface area contributed by atoms with Gasteiger partial charge >= 0.3 is 5.97 Å². The molecule has 0 unspecified atom stereocenters. The number of methoxy groups -OCH3 is 1. The zero-order valence-electron chi connectivity index (χ0n) is 13.4. The molecule has 1 amide bonds. The summed E-state index contributed by atoms with van der Waals surface area (Å²) in [6.07, 6.45) is 0.203. The summed E-state index contributed by atoms with van der Waals surface area (Å²) in [5.74, 6) is -0.351. The standard InChI is InChI=1S/C16H22N2O4/c1-5-22-16(20)11(2)12(3)17-18-15(19)10-13-6-8-14(21-4)9-7-13/h6-9,11H,5,10H2,1-4H3,(H,18,19)/t11-/m0/s1. The van der Waals surface area contributed by atoms with Crippen LogP contribution >= 0.6 is 0 Å². The second-order valence-corrected chi connectivity index (χ2v) is 4.79. The predicted molar refractivity (Wildman–Crippen MR) is 83.7 cm³/mol. The lowest BCUT2D eigenvalue weighted by molar-refractivity contribution is -0.145. The molecule has 0 fully saturated rings. The third-order valence-corrected chi connectivity index (χ3v) is 3.15. The SMILES string of the molecule is CCOC(=O)[C@@H](C)C(C)=NNC(=O)Cc1ccc(OC)cc1. The van der Waals surface area contributed by atoms with Gasteiger partial charge in [-0.3, -0.25) is 9.59 Å². The molecule has 0 heterocycles. The lowest BCUT2D eigenvalue weighted by Crippen LogP contribution is -2.26. The Bertz CT molecular complexity index is 538. The molecule has 0 saturated heterocycles. The Morgan fingerprint density at radius 1 is 1.27 bits per heavy atom. The number of hydrazone groups is 1. The summed E-state index contributed by atoms with van der Waals surface area (Å²) in [5.41, 5.74) is 3.80. The first-order valence-corrected chi connectivity index (χ1v) is 7.10. The van der Waals surface area contributed by atoms with Gasteiger partial charge in [-0.15, -0.1) is 0 Å². The number of carbonyl (C=O) groups excluding carboxylic acids is 2. The van der Waals surface area contributed by atoms with Crippen molar-refractivity contribution in [3.05, 3.63) is 29.8 Å². The summed E-state index contributed by atoms with van der Waals surface area (Å²) in [7, 11) is 1.59. The number of esters is 1. The maximum absolute atomic E-state index is 11.8. The smallest absolute Gasteiger partial charge is 0.314 e. The van der Waals surface area contributed by atoms with Crippen LogP contribution in [0.3, 0.4) is 0 Å². The molecule has 0 aromatic heterocycles. The predicted octanol–water partition coefficient (Wildman–Crippen LogP) is 1.93. The van der Waals surface area contributed by atoms with E-state index in [-0.39, 0.29) is 18.3 Å². The Morgan fingerprint density at radius 2 is 1.91 bits per heavy atom. The highest BCUT2D eigenvalue weighted by Gasteiger charge is 2.17. The lowest BCUT2D eigenvalue weighted by atomic mass is 10.1. The maximum atomic E-state index is 11.8. The second kappa shape index (κ2) is 8.81. The average Bonchev–Trinajstić information content (AvgIpc) is 2.52. The van der Waals surface area contributed by atoms with Crippen molar-refractivity contribution in [1.82, 2.24) is 5.43 Å². The van der Waals surface area contributed by atoms with E-state index in [1.807, 2.05) is 12.1 Å². The van der Waals surface area contributed by atoms with Gasteiger partial charge in [0.2, 0.25) is 5.91 Å². The van der Waals surface area contributed by atoms with E-state index in [1.165, 1.54) is 0 Å². The molecule has 1 aromatic rings. The summed E-state index contributed by atoms with van der Waals surface area (Å²) in [5, 5.41) is 3.95. The van der Waals surface area contributed by atoms with Crippen molar-refractivity contribution >= 4 is 17.6 Å². The molecule has 6 nitrogen and oxygen atoms in total. The van der Waals surface area contributed by atoms with Gasteiger partial charge < -0.3 is 9.47 Å². The molecule has 0 aliphatic rings. The second-order valence-electron chi connectivity index (χ2n) is 4.79. The van der Waals surface area contributed by atoms with Gasteiger partial charge in [0.05, 0.1) is 26.1 Å². The Hall–Kier alpha value is -2.37. The maximum Gasteiger partial charge on any atom is 0.314 e. The van der Waals surface area contributed by atoms with Crippen LogP contribution in [-0.4, -0.2) is 31.3 Å². The molecule has 6 heteroatoms. The molecule has 1 aromatic carbocycles. The van der Waals surface area contributed by atoms with Gasteiger partial charge in [-0.2, -0.15) is 5.10 Å². The monoisotopic (exact) mass is 306 g/mol. The molecule has 22 heavy (non-hydrogen) atoms. The van der Waals surface area contributed by atoms with Crippen molar-refractivity contribution in [3.8, 4) is 5.75 Å². The molecule has 1 N–H and O–H groups in total. The van der Waals surface area contributed by atoms with Crippen LogP contribution in [0.2, 0.25) is 0 Å². The summed E-state index contributed by atoms with van der Waals surface area (Å²) in [6.45, 7) is 5.43.